The van der Waals surface area contributed by atoms with Gasteiger partial charge < -0.3 is 8.83 Å². The summed E-state index contributed by atoms with van der Waals surface area (Å²) in [4.78, 5) is 0. The van der Waals surface area contributed by atoms with Crippen LogP contribution in [0.5, 0.6) is 0 Å². The molecule has 0 radical (unpaired) electrons. The fourth-order valence-electron chi connectivity index (χ4n) is 7.10. The first-order valence-corrected chi connectivity index (χ1v) is 17.2. The normalized spacial score (nSPS) is 13.8. The summed E-state index contributed by atoms with van der Waals surface area (Å²) in [5.41, 5.74) is 11.5. The smallest absolute Gasteiger partial charge is 0.136 e. The SMILES string of the molecule is C[Si]1(C)c2cc(-c3cccc4oc5ccccc5c34)ccc2-c2ccc(-c3cccc4oc5ccccc5c34)cc21. The molecule has 3 heterocycles. The zero-order valence-electron chi connectivity index (χ0n) is 22.9. The van der Waals surface area contributed by atoms with Gasteiger partial charge in [0.05, 0.1) is 0 Å². The number of hydrogen-bond acceptors (Lipinski definition) is 2. The van der Waals surface area contributed by atoms with E-state index in [-0.39, 0.29) is 0 Å². The van der Waals surface area contributed by atoms with Crippen LogP contribution in [-0.4, -0.2) is 8.07 Å². The molecule has 0 aliphatic carbocycles. The van der Waals surface area contributed by atoms with E-state index in [1.165, 1.54) is 65.3 Å². The summed E-state index contributed by atoms with van der Waals surface area (Å²) in [7, 11) is -1.97. The van der Waals surface area contributed by atoms with Gasteiger partial charge in [0.1, 0.15) is 30.4 Å². The Balaban J connectivity index is 1.21. The summed E-state index contributed by atoms with van der Waals surface area (Å²) in [6.07, 6.45) is 0. The van der Waals surface area contributed by atoms with Crippen molar-refractivity contribution in [1.29, 1.82) is 0 Å². The molecule has 0 bridgehead atoms. The van der Waals surface area contributed by atoms with E-state index in [2.05, 4.69) is 122 Å². The van der Waals surface area contributed by atoms with E-state index in [4.69, 9.17) is 8.83 Å². The molecule has 9 rings (SSSR count). The molecule has 2 nitrogen and oxygen atoms in total. The summed E-state index contributed by atoms with van der Waals surface area (Å²) in [6.45, 7) is 4.99. The molecule has 0 N–H and O–H groups in total. The minimum atomic E-state index is -1.97. The van der Waals surface area contributed by atoms with Gasteiger partial charge in [0.2, 0.25) is 0 Å². The van der Waals surface area contributed by atoms with E-state index in [1.807, 2.05) is 12.1 Å². The molecule has 194 valence electrons. The summed E-state index contributed by atoms with van der Waals surface area (Å²) in [5.74, 6) is 0. The van der Waals surface area contributed by atoms with Crippen molar-refractivity contribution in [2.45, 2.75) is 13.1 Å². The Kier molecular flexibility index (Phi) is 4.52. The maximum atomic E-state index is 6.21. The van der Waals surface area contributed by atoms with Gasteiger partial charge in [0, 0.05) is 21.5 Å². The molecule has 0 unspecified atom stereocenters. The molecule has 1 aliphatic heterocycles. The molecule has 0 saturated heterocycles. The zero-order valence-corrected chi connectivity index (χ0v) is 23.9. The Morgan fingerprint density at radius 3 is 1.34 bits per heavy atom. The molecule has 41 heavy (non-hydrogen) atoms. The summed E-state index contributed by atoms with van der Waals surface area (Å²) >= 11 is 0. The van der Waals surface area contributed by atoms with Gasteiger partial charge >= 0.3 is 0 Å². The van der Waals surface area contributed by atoms with Gasteiger partial charge in [-0.15, -0.1) is 0 Å². The number of rotatable bonds is 2. The third kappa shape index (κ3) is 3.12. The van der Waals surface area contributed by atoms with Crippen LogP contribution in [0.1, 0.15) is 0 Å². The molecule has 2 aromatic heterocycles. The average Bonchev–Trinajstić information content (AvgIpc) is 3.65. The van der Waals surface area contributed by atoms with Gasteiger partial charge in [-0.25, -0.2) is 0 Å². The van der Waals surface area contributed by atoms with Crippen molar-refractivity contribution in [3.05, 3.63) is 121 Å². The first kappa shape index (κ1) is 22.9. The summed E-state index contributed by atoms with van der Waals surface area (Å²) in [5, 5.41) is 7.73. The highest BCUT2D eigenvalue weighted by Crippen LogP contribution is 2.40. The first-order valence-electron chi connectivity index (χ1n) is 14.2. The van der Waals surface area contributed by atoms with Crippen molar-refractivity contribution in [1.82, 2.24) is 0 Å². The summed E-state index contributed by atoms with van der Waals surface area (Å²) in [6, 6.07) is 43.7. The third-order valence-corrected chi connectivity index (χ3v) is 12.6. The minimum absolute atomic E-state index is 0.936. The third-order valence-electron chi connectivity index (χ3n) is 9.10. The molecule has 3 heteroatoms. The molecular weight excluding hydrogens is 517 g/mol. The monoisotopic (exact) mass is 542 g/mol. The lowest BCUT2D eigenvalue weighted by Crippen LogP contribution is -2.49. The lowest BCUT2D eigenvalue weighted by molar-refractivity contribution is 0.668. The van der Waals surface area contributed by atoms with Crippen molar-refractivity contribution in [2.24, 2.45) is 0 Å². The average molecular weight is 543 g/mol. The predicted molar refractivity (Wildman–Crippen MR) is 174 cm³/mol. The van der Waals surface area contributed by atoms with Crippen molar-refractivity contribution < 1.29 is 8.83 Å². The van der Waals surface area contributed by atoms with Gasteiger partial charge in [-0.1, -0.05) is 110 Å². The van der Waals surface area contributed by atoms with Crippen molar-refractivity contribution in [3.8, 4) is 33.4 Å². The topological polar surface area (TPSA) is 26.3 Å². The highest BCUT2D eigenvalue weighted by molar-refractivity contribution is 7.03. The van der Waals surface area contributed by atoms with Crippen LogP contribution in [0.2, 0.25) is 13.1 Å². The Bertz CT molecular complexity index is 2190. The maximum absolute atomic E-state index is 6.21. The van der Waals surface area contributed by atoms with Crippen molar-refractivity contribution >= 4 is 62.3 Å². The minimum Gasteiger partial charge on any atom is -0.456 e. The second kappa shape index (κ2) is 8.09. The van der Waals surface area contributed by atoms with Crippen LogP contribution < -0.4 is 10.4 Å². The van der Waals surface area contributed by atoms with Crippen molar-refractivity contribution in [2.75, 3.05) is 0 Å². The van der Waals surface area contributed by atoms with Crippen LogP contribution in [0.15, 0.2) is 130 Å². The quantitative estimate of drug-likeness (QED) is 0.203. The van der Waals surface area contributed by atoms with E-state index in [9.17, 15) is 0 Å². The number of fused-ring (bicyclic) bond motifs is 9. The molecule has 8 aromatic rings. The number of furan rings is 2. The first-order chi connectivity index (χ1) is 20.1. The van der Waals surface area contributed by atoms with Gasteiger partial charge in [0.15, 0.2) is 0 Å². The number of hydrogen-bond donors (Lipinski definition) is 0. The fourth-order valence-corrected chi connectivity index (χ4v) is 10.2. The van der Waals surface area contributed by atoms with Gasteiger partial charge in [-0.3, -0.25) is 0 Å². The Hall–Kier alpha value is -4.86. The lowest BCUT2D eigenvalue weighted by Gasteiger charge is -2.20. The number of benzene rings is 6. The molecule has 1 aliphatic rings. The molecule has 0 atom stereocenters. The molecular formula is C38H26O2Si. The molecule has 6 aromatic carbocycles. The highest BCUT2D eigenvalue weighted by atomic mass is 28.3. The standard InChI is InChI=1S/C38H26O2Si/c1-41(2)35-21-23(25-11-7-15-33-37(25)29-9-3-5-13-31(29)39-33)17-19-27(35)28-20-18-24(22-36(28)41)26-12-8-16-34-38(26)30-10-4-6-14-32(30)40-34/h3-22H,1-2H3. The van der Waals surface area contributed by atoms with Crippen molar-refractivity contribution in [3.63, 3.8) is 0 Å². The van der Waals surface area contributed by atoms with E-state index < -0.39 is 8.07 Å². The summed E-state index contributed by atoms with van der Waals surface area (Å²) < 4.78 is 12.4. The Labute approximate surface area is 238 Å². The lowest BCUT2D eigenvalue weighted by atomic mass is 9.95. The Morgan fingerprint density at radius 2 is 0.854 bits per heavy atom. The van der Waals surface area contributed by atoms with Gasteiger partial charge in [-0.05, 0) is 68.0 Å². The van der Waals surface area contributed by atoms with Crippen LogP contribution in [0, 0.1) is 0 Å². The number of para-hydroxylation sites is 2. The van der Waals surface area contributed by atoms with E-state index in [0.717, 1.165) is 22.3 Å². The van der Waals surface area contributed by atoms with Gasteiger partial charge in [-0.2, -0.15) is 0 Å². The van der Waals surface area contributed by atoms with Crippen LogP contribution in [0.3, 0.4) is 0 Å². The van der Waals surface area contributed by atoms with E-state index in [0.29, 0.717) is 0 Å². The second-order valence-corrected chi connectivity index (χ2v) is 16.0. The second-order valence-electron chi connectivity index (χ2n) is 11.7. The molecule has 0 saturated carbocycles. The van der Waals surface area contributed by atoms with Crippen LogP contribution >= 0.6 is 0 Å². The van der Waals surface area contributed by atoms with Crippen LogP contribution in [0.25, 0.3) is 77.3 Å². The zero-order chi connectivity index (χ0) is 27.3. The fraction of sp³-hybridized carbons (Fsp3) is 0.0526. The molecule has 0 fully saturated rings. The van der Waals surface area contributed by atoms with E-state index >= 15 is 0 Å². The molecule has 0 amide bonds. The Morgan fingerprint density at radius 1 is 0.415 bits per heavy atom. The van der Waals surface area contributed by atoms with Crippen LogP contribution in [0.4, 0.5) is 0 Å². The largest absolute Gasteiger partial charge is 0.456 e. The molecule has 0 spiro atoms. The van der Waals surface area contributed by atoms with Gasteiger partial charge in [0.25, 0.3) is 0 Å². The van der Waals surface area contributed by atoms with Crippen LogP contribution in [-0.2, 0) is 0 Å². The van der Waals surface area contributed by atoms with E-state index in [1.54, 1.807) is 0 Å². The highest BCUT2D eigenvalue weighted by Gasteiger charge is 2.38. The maximum Gasteiger partial charge on any atom is 0.136 e. The predicted octanol–water partition coefficient (Wildman–Crippen LogP) is 9.62.